The van der Waals surface area contributed by atoms with Gasteiger partial charge >= 0.3 is 5.97 Å². The molecule has 0 aromatic rings. The van der Waals surface area contributed by atoms with E-state index in [-0.39, 0.29) is 0 Å². The average Bonchev–Trinajstić information content (AvgIpc) is 2.78. The molecule has 1 saturated carbocycles. The van der Waals surface area contributed by atoms with Crippen molar-refractivity contribution in [2.45, 2.75) is 44.1 Å². The Bertz CT molecular complexity index is 245. The van der Waals surface area contributed by atoms with Crippen molar-refractivity contribution >= 4 is 17.7 Å². The molecule has 0 spiro atoms. The van der Waals surface area contributed by atoms with Gasteiger partial charge in [-0.3, -0.25) is 4.79 Å². The molecule has 0 bridgehead atoms. The second-order valence-electron chi connectivity index (χ2n) is 5.07. The summed E-state index contributed by atoms with van der Waals surface area (Å²) in [6.45, 7) is 0.896. The highest BCUT2D eigenvalue weighted by Crippen LogP contribution is 2.30. The number of aliphatic carboxylic acids is 1. The highest BCUT2D eigenvalue weighted by atomic mass is 32.2. The zero-order valence-corrected chi connectivity index (χ0v) is 10.5. The van der Waals surface area contributed by atoms with Gasteiger partial charge in [-0.15, -0.1) is 0 Å². The van der Waals surface area contributed by atoms with Crippen LogP contribution in [0, 0.1) is 5.92 Å². The van der Waals surface area contributed by atoms with Crippen LogP contribution in [0.1, 0.15) is 38.5 Å². The lowest BCUT2D eigenvalue weighted by atomic mass is 9.88. The Morgan fingerprint density at radius 2 is 2.12 bits per heavy atom. The number of thioether (sulfide) groups is 1. The molecule has 2 aliphatic rings. The third kappa shape index (κ3) is 2.72. The maximum Gasteiger partial charge on any atom is 0.324 e. The Hall–Kier alpha value is -0.220. The fraction of sp³-hybridized carbons (Fsp3) is 0.917. The van der Waals surface area contributed by atoms with E-state index < -0.39 is 11.5 Å². The van der Waals surface area contributed by atoms with Gasteiger partial charge in [-0.05, 0) is 37.5 Å². The highest BCUT2D eigenvalue weighted by Gasteiger charge is 2.41. The van der Waals surface area contributed by atoms with Gasteiger partial charge < -0.3 is 10.4 Å². The highest BCUT2D eigenvalue weighted by molar-refractivity contribution is 7.99. The third-order valence-electron chi connectivity index (χ3n) is 3.88. The van der Waals surface area contributed by atoms with Gasteiger partial charge in [0.05, 0.1) is 0 Å². The predicted molar refractivity (Wildman–Crippen MR) is 66.9 cm³/mol. The molecule has 0 amide bonds. The molecule has 16 heavy (non-hydrogen) atoms. The van der Waals surface area contributed by atoms with E-state index >= 15 is 0 Å². The average molecular weight is 243 g/mol. The van der Waals surface area contributed by atoms with Crippen LogP contribution >= 0.6 is 11.8 Å². The van der Waals surface area contributed by atoms with Gasteiger partial charge in [0.1, 0.15) is 5.54 Å². The molecule has 1 heterocycles. The molecule has 2 fully saturated rings. The molecule has 1 aliphatic heterocycles. The largest absolute Gasteiger partial charge is 0.480 e. The number of nitrogens with one attached hydrogen (secondary N) is 1. The van der Waals surface area contributed by atoms with Crippen molar-refractivity contribution in [3.8, 4) is 0 Å². The van der Waals surface area contributed by atoms with Crippen LogP contribution in [0.5, 0.6) is 0 Å². The Morgan fingerprint density at radius 3 is 2.69 bits per heavy atom. The molecule has 1 unspecified atom stereocenters. The second-order valence-corrected chi connectivity index (χ2v) is 6.18. The molecule has 92 valence electrons. The maximum atomic E-state index is 11.3. The molecule has 4 heteroatoms. The molecule has 0 aromatic heterocycles. The van der Waals surface area contributed by atoms with Crippen LogP contribution in [0.25, 0.3) is 0 Å². The van der Waals surface area contributed by atoms with Crippen molar-refractivity contribution in [1.82, 2.24) is 5.32 Å². The number of carbonyl (C=O) groups is 1. The summed E-state index contributed by atoms with van der Waals surface area (Å²) in [5.41, 5.74) is -0.623. The molecule has 1 saturated heterocycles. The normalized spacial score (nSPS) is 31.8. The summed E-state index contributed by atoms with van der Waals surface area (Å²) in [7, 11) is 0. The molecule has 3 nitrogen and oxygen atoms in total. The van der Waals surface area contributed by atoms with Crippen molar-refractivity contribution < 1.29 is 9.90 Å². The van der Waals surface area contributed by atoms with Gasteiger partial charge in [-0.2, -0.15) is 11.8 Å². The number of hydrogen-bond acceptors (Lipinski definition) is 3. The predicted octanol–water partition coefficient (Wildman–Crippen LogP) is 2.12. The first-order valence-corrected chi connectivity index (χ1v) is 7.45. The van der Waals surface area contributed by atoms with Crippen molar-refractivity contribution in [3.63, 3.8) is 0 Å². The first-order valence-electron chi connectivity index (χ1n) is 6.29. The van der Waals surface area contributed by atoms with Gasteiger partial charge in [0, 0.05) is 5.75 Å². The van der Waals surface area contributed by atoms with Crippen LogP contribution in [0.15, 0.2) is 0 Å². The molecule has 2 rings (SSSR count). The zero-order valence-electron chi connectivity index (χ0n) is 9.71. The molecule has 0 aromatic carbocycles. The summed E-state index contributed by atoms with van der Waals surface area (Å²) < 4.78 is 0. The lowest BCUT2D eigenvalue weighted by molar-refractivity contribution is -0.143. The minimum Gasteiger partial charge on any atom is -0.480 e. The molecule has 2 N–H and O–H groups in total. The van der Waals surface area contributed by atoms with Gasteiger partial charge in [0.25, 0.3) is 0 Å². The smallest absolute Gasteiger partial charge is 0.324 e. The summed E-state index contributed by atoms with van der Waals surface area (Å²) in [6.07, 6.45) is 7.32. The maximum absolute atomic E-state index is 11.3. The summed E-state index contributed by atoms with van der Waals surface area (Å²) in [5, 5.41) is 12.7. The van der Waals surface area contributed by atoms with E-state index in [9.17, 15) is 9.90 Å². The van der Waals surface area contributed by atoms with E-state index in [1.165, 1.54) is 32.1 Å². The third-order valence-corrected chi connectivity index (χ3v) is 5.07. The van der Waals surface area contributed by atoms with E-state index in [1.807, 2.05) is 0 Å². The molecule has 0 radical (unpaired) electrons. The fourth-order valence-corrected chi connectivity index (χ4v) is 4.04. The van der Waals surface area contributed by atoms with E-state index in [1.54, 1.807) is 11.8 Å². The van der Waals surface area contributed by atoms with Crippen molar-refractivity contribution in [2.75, 3.05) is 18.1 Å². The van der Waals surface area contributed by atoms with Crippen LogP contribution in [-0.2, 0) is 4.79 Å². The Balaban J connectivity index is 1.84. The van der Waals surface area contributed by atoms with Gasteiger partial charge in [-0.1, -0.05) is 19.3 Å². The quantitative estimate of drug-likeness (QED) is 0.794. The number of rotatable bonds is 4. The van der Waals surface area contributed by atoms with Crippen LogP contribution in [-0.4, -0.2) is 34.7 Å². The Morgan fingerprint density at radius 1 is 1.38 bits per heavy atom. The van der Waals surface area contributed by atoms with E-state index in [2.05, 4.69) is 5.32 Å². The van der Waals surface area contributed by atoms with E-state index in [0.717, 1.165) is 24.5 Å². The molecular weight excluding hydrogens is 222 g/mol. The van der Waals surface area contributed by atoms with Crippen LogP contribution in [0.3, 0.4) is 0 Å². The van der Waals surface area contributed by atoms with E-state index in [4.69, 9.17) is 0 Å². The summed E-state index contributed by atoms with van der Waals surface area (Å²) in [6, 6.07) is 0. The van der Waals surface area contributed by atoms with Crippen molar-refractivity contribution in [3.05, 3.63) is 0 Å². The minimum atomic E-state index is -0.659. The Labute approximate surface area is 101 Å². The SMILES string of the molecule is O=C(O)C1(NCC2CCCCC2)CCSC1. The summed E-state index contributed by atoms with van der Waals surface area (Å²) >= 11 is 1.75. The van der Waals surface area contributed by atoms with Crippen LogP contribution in [0.2, 0.25) is 0 Å². The lowest BCUT2D eigenvalue weighted by Crippen LogP contribution is -2.53. The first-order chi connectivity index (χ1) is 7.73. The zero-order chi connectivity index (χ0) is 11.4. The van der Waals surface area contributed by atoms with Crippen molar-refractivity contribution in [2.24, 2.45) is 5.92 Å². The van der Waals surface area contributed by atoms with Crippen molar-refractivity contribution in [1.29, 1.82) is 0 Å². The fourth-order valence-electron chi connectivity index (χ4n) is 2.68. The molecular formula is C12H21NO2S. The Kier molecular flexibility index (Phi) is 4.14. The van der Waals surface area contributed by atoms with Gasteiger partial charge in [0.2, 0.25) is 0 Å². The first kappa shape index (κ1) is 12.2. The molecule has 1 aliphatic carbocycles. The topological polar surface area (TPSA) is 49.3 Å². The molecule has 1 atom stereocenters. The summed E-state index contributed by atoms with van der Waals surface area (Å²) in [5.74, 6) is 1.75. The number of hydrogen-bond donors (Lipinski definition) is 2. The minimum absolute atomic E-state index is 0.623. The standard InChI is InChI=1S/C12H21NO2S/c14-11(15)12(6-7-16-9-12)13-8-10-4-2-1-3-5-10/h10,13H,1-9H2,(H,14,15). The summed E-state index contributed by atoms with van der Waals surface area (Å²) in [4.78, 5) is 11.3. The van der Waals surface area contributed by atoms with E-state index in [0.29, 0.717) is 5.92 Å². The second kappa shape index (κ2) is 5.41. The van der Waals surface area contributed by atoms with Gasteiger partial charge in [-0.25, -0.2) is 0 Å². The monoisotopic (exact) mass is 243 g/mol. The van der Waals surface area contributed by atoms with Crippen LogP contribution < -0.4 is 5.32 Å². The lowest BCUT2D eigenvalue weighted by Gasteiger charge is -2.29. The van der Waals surface area contributed by atoms with Crippen LogP contribution in [0.4, 0.5) is 0 Å². The number of carboxylic acids is 1. The number of carboxylic acid groups (broad SMARTS) is 1. The van der Waals surface area contributed by atoms with Gasteiger partial charge in [0.15, 0.2) is 0 Å².